The third kappa shape index (κ3) is 3.93. The summed E-state index contributed by atoms with van der Waals surface area (Å²) < 4.78 is 13.4. The summed E-state index contributed by atoms with van der Waals surface area (Å²) in [5.74, 6) is -0.393. The van der Waals surface area contributed by atoms with E-state index in [1.54, 1.807) is 6.07 Å². The van der Waals surface area contributed by atoms with Crippen molar-refractivity contribution >= 4 is 23.2 Å². The second-order valence-electron chi connectivity index (χ2n) is 4.41. The van der Waals surface area contributed by atoms with Crippen LogP contribution >= 0.6 is 23.2 Å². The highest BCUT2D eigenvalue weighted by Crippen LogP contribution is 2.20. The first-order valence-electron chi connectivity index (χ1n) is 5.99. The van der Waals surface area contributed by atoms with Gasteiger partial charge < -0.3 is 5.32 Å². The van der Waals surface area contributed by atoms with E-state index in [0.717, 1.165) is 11.1 Å². The predicted octanol–water partition coefficient (Wildman–Crippen LogP) is 4.98. The van der Waals surface area contributed by atoms with E-state index in [0.29, 0.717) is 11.6 Å². The van der Waals surface area contributed by atoms with Crippen LogP contribution in [-0.2, 0) is 6.54 Å². The van der Waals surface area contributed by atoms with E-state index in [1.807, 2.05) is 37.3 Å². The number of hydrogen-bond donors (Lipinski definition) is 1. The van der Waals surface area contributed by atoms with Crippen molar-refractivity contribution in [1.82, 2.24) is 5.32 Å². The molecule has 1 N–H and O–H groups in total. The molecule has 1 nitrogen and oxygen atoms in total. The second-order valence-corrected chi connectivity index (χ2v) is 5.25. The predicted molar refractivity (Wildman–Crippen MR) is 78.1 cm³/mol. The summed E-state index contributed by atoms with van der Waals surface area (Å²) in [6.45, 7) is 2.65. The van der Waals surface area contributed by atoms with Crippen LogP contribution < -0.4 is 5.32 Å². The molecule has 2 aromatic rings. The molecule has 2 rings (SSSR count). The average Bonchev–Trinajstić information content (AvgIpc) is 2.39. The molecule has 0 aliphatic heterocycles. The SMILES string of the molecule is CC(NCc1cccc(Cl)c1)c1ccc(Cl)c(F)c1. The van der Waals surface area contributed by atoms with Crippen molar-refractivity contribution in [1.29, 1.82) is 0 Å². The molecule has 0 aliphatic carbocycles. The van der Waals surface area contributed by atoms with E-state index in [9.17, 15) is 4.39 Å². The third-order valence-corrected chi connectivity index (χ3v) is 3.49. The topological polar surface area (TPSA) is 12.0 Å². The number of nitrogens with one attached hydrogen (secondary N) is 1. The van der Waals surface area contributed by atoms with Gasteiger partial charge in [0.25, 0.3) is 0 Å². The molecule has 0 aliphatic rings. The summed E-state index contributed by atoms with van der Waals surface area (Å²) in [5.41, 5.74) is 1.96. The molecule has 0 fully saturated rings. The van der Waals surface area contributed by atoms with Gasteiger partial charge >= 0.3 is 0 Å². The fourth-order valence-corrected chi connectivity index (χ4v) is 2.15. The van der Waals surface area contributed by atoms with Gasteiger partial charge in [0, 0.05) is 17.6 Å². The molecule has 0 heterocycles. The van der Waals surface area contributed by atoms with Crippen LogP contribution in [0.4, 0.5) is 4.39 Å². The van der Waals surface area contributed by atoms with Crippen molar-refractivity contribution in [2.45, 2.75) is 19.5 Å². The Morgan fingerprint density at radius 3 is 2.63 bits per heavy atom. The van der Waals surface area contributed by atoms with E-state index in [4.69, 9.17) is 23.2 Å². The normalized spacial score (nSPS) is 12.4. The first-order chi connectivity index (χ1) is 9.06. The molecular weight excluding hydrogens is 284 g/mol. The monoisotopic (exact) mass is 297 g/mol. The molecular formula is C15H14Cl2FN. The van der Waals surface area contributed by atoms with Crippen LogP contribution in [0.15, 0.2) is 42.5 Å². The Bertz CT molecular complexity index is 572. The van der Waals surface area contributed by atoms with Gasteiger partial charge in [-0.2, -0.15) is 0 Å². The summed E-state index contributed by atoms with van der Waals surface area (Å²) >= 11 is 11.6. The van der Waals surface area contributed by atoms with E-state index in [1.165, 1.54) is 6.07 Å². The largest absolute Gasteiger partial charge is 0.306 e. The van der Waals surface area contributed by atoms with Crippen LogP contribution in [0.1, 0.15) is 24.1 Å². The van der Waals surface area contributed by atoms with Gasteiger partial charge in [-0.3, -0.25) is 0 Å². The van der Waals surface area contributed by atoms with E-state index in [-0.39, 0.29) is 11.1 Å². The number of benzene rings is 2. The Balaban J connectivity index is 2.01. The second kappa shape index (κ2) is 6.38. The lowest BCUT2D eigenvalue weighted by Crippen LogP contribution is -2.18. The molecule has 100 valence electrons. The van der Waals surface area contributed by atoms with Gasteiger partial charge in [-0.15, -0.1) is 0 Å². The molecule has 0 amide bonds. The maximum atomic E-state index is 13.4. The lowest BCUT2D eigenvalue weighted by Gasteiger charge is -2.15. The fourth-order valence-electron chi connectivity index (χ4n) is 1.82. The van der Waals surface area contributed by atoms with Gasteiger partial charge in [0.05, 0.1) is 5.02 Å². The third-order valence-electron chi connectivity index (χ3n) is 2.95. The fraction of sp³-hybridized carbons (Fsp3) is 0.200. The van der Waals surface area contributed by atoms with Crippen molar-refractivity contribution < 1.29 is 4.39 Å². The molecule has 4 heteroatoms. The molecule has 1 unspecified atom stereocenters. The van der Waals surface area contributed by atoms with Crippen molar-refractivity contribution in [3.63, 3.8) is 0 Å². The number of hydrogen-bond acceptors (Lipinski definition) is 1. The quantitative estimate of drug-likeness (QED) is 0.839. The Morgan fingerprint density at radius 1 is 1.16 bits per heavy atom. The molecule has 0 spiro atoms. The van der Waals surface area contributed by atoms with Crippen molar-refractivity contribution in [3.05, 3.63) is 69.5 Å². The maximum absolute atomic E-state index is 13.4. The number of halogens is 3. The zero-order valence-electron chi connectivity index (χ0n) is 10.5. The highest BCUT2D eigenvalue weighted by atomic mass is 35.5. The van der Waals surface area contributed by atoms with Crippen LogP contribution in [0.3, 0.4) is 0 Å². The van der Waals surface area contributed by atoms with E-state index in [2.05, 4.69) is 5.32 Å². The van der Waals surface area contributed by atoms with Gasteiger partial charge in [0.2, 0.25) is 0 Å². The molecule has 0 saturated carbocycles. The highest BCUT2D eigenvalue weighted by Gasteiger charge is 2.08. The summed E-state index contributed by atoms with van der Waals surface area (Å²) in [6, 6.07) is 12.5. The van der Waals surface area contributed by atoms with Crippen molar-refractivity contribution in [2.24, 2.45) is 0 Å². The number of rotatable bonds is 4. The smallest absolute Gasteiger partial charge is 0.142 e. The van der Waals surface area contributed by atoms with Crippen LogP contribution in [0.5, 0.6) is 0 Å². The van der Waals surface area contributed by atoms with Crippen LogP contribution in [0, 0.1) is 5.82 Å². The first-order valence-corrected chi connectivity index (χ1v) is 6.74. The molecule has 19 heavy (non-hydrogen) atoms. The highest BCUT2D eigenvalue weighted by molar-refractivity contribution is 6.30. The minimum absolute atomic E-state index is 0.0331. The summed E-state index contributed by atoms with van der Waals surface area (Å²) in [4.78, 5) is 0. The van der Waals surface area contributed by atoms with Crippen LogP contribution in [0.2, 0.25) is 10.0 Å². The average molecular weight is 298 g/mol. The lowest BCUT2D eigenvalue weighted by atomic mass is 10.1. The summed E-state index contributed by atoms with van der Waals surface area (Å²) in [5, 5.41) is 4.18. The zero-order chi connectivity index (χ0) is 13.8. The van der Waals surface area contributed by atoms with Crippen LogP contribution in [0.25, 0.3) is 0 Å². The molecule has 2 aromatic carbocycles. The lowest BCUT2D eigenvalue weighted by molar-refractivity contribution is 0.565. The molecule has 0 radical (unpaired) electrons. The van der Waals surface area contributed by atoms with E-state index < -0.39 is 5.82 Å². The minimum Gasteiger partial charge on any atom is -0.306 e. The minimum atomic E-state index is -0.393. The summed E-state index contributed by atoms with van der Waals surface area (Å²) in [6.07, 6.45) is 0. The van der Waals surface area contributed by atoms with Gasteiger partial charge in [-0.25, -0.2) is 4.39 Å². The Morgan fingerprint density at radius 2 is 1.95 bits per heavy atom. The van der Waals surface area contributed by atoms with Gasteiger partial charge in [-0.1, -0.05) is 41.4 Å². The van der Waals surface area contributed by atoms with Crippen molar-refractivity contribution in [3.8, 4) is 0 Å². The van der Waals surface area contributed by atoms with Crippen molar-refractivity contribution in [2.75, 3.05) is 0 Å². The zero-order valence-corrected chi connectivity index (χ0v) is 12.0. The summed E-state index contributed by atoms with van der Waals surface area (Å²) in [7, 11) is 0. The Labute approximate surface area is 122 Å². The molecule has 0 aromatic heterocycles. The standard InChI is InChI=1S/C15H14Cl2FN/c1-10(12-5-6-14(17)15(18)8-12)19-9-11-3-2-4-13(16)7-11/h2-8,10,19H,9H2,1H3. The Kier molecular flexibility index (Phi) is 4.81. The molecule has 1 atom stereocenters. The van der Waals surface area contributed by atoms with E-state index >= 15 is 0 Å². The molecule has 0 bridgehead atoms. The Hall–Kier alpha value is -1.09. The maximum Gasteiger partial charge on any atom is 0.142 e. The van der Waals surface area contributed by atoms with Gasteiger partial charge in [0.1, 0.15) is 5.82 Å². The first kappa shape index (κ1) is 14.3. The van der Waals surface area contributed by atoms with Gasteiger partial charge in [-0.05, 0) is 42.3 Å². The van der Waals surface area contributed by atoms with Crippen LogP contribution in [-0.4, -0.2) is 0 Å². The van der Waals surface area contributed by atoms with Gasteiger partial charge in [0.15, 0.2) is 0 Å². The molecule has 0 saturated heterocycles.